The molecule has 1 aliphatic heterocycles. The van der Waals surface area contributed by atoms with Gasteiger partial charge < -0.3 is 20.1 Å². The Hall–Kier alpha value is -3.42. The number of nitrogens with one attached hydrogen (secondary N) is 1. The summed E-state index contributed by atoms with van der Waals surface area (Å²) in [6, 6.07) is 11.1. The lowest BCUT2D eigenvalue weighted by molar-refractivity contribution is -0.0489. The topological polar surface area (TPSA) is 74.7 Å². The smallest absolute Gasteiger partial charge is 0.387 e. The molecule has 28 heavy (non-hydrogen) atoms. The summed E-state index contributed by atoms with van der Waals surface area (Å²) < 4.78 is 29.7. The van der Waals surface area contributed by atoms with Crippen molar-refractivity contribution >= 4 is 22.6 Å². The van der Waals surface area contributed by atoms with Crippen LogP contribution in [-0.4, -0.2) is 34.2 Å². The maximum absolute atomic E-state index is 12.7. The van der Waals surface area contributed by atoms with Crippen LogP contribution in [0.25, 0.3) is 10.9 Å². The summed E-state index contributed by atoms with van der Waals surface area (Å²) in [5, 5.41) is 13.0. The fourth-order valence-electron chi connectivity index (χ4n) is 3.36. The molecule has 0 atom stereocenters. The molecule has 2 N–H and O–H groups in total. The minimum Gasteiger partial charge on any atom is -0.508 e. The molecule has 3 aromatic rings. The van der Waals surface area contributed by atoms with Crippen LogP contribution >= 0.6 is 0 Å². The minimum absolute atomic E-state index is 0.0500. The Morgan fingerprint density at radius 3 is 2.89 bits per heavy atom. The number of hydrogen-bond donors (Lipinski definition) is 2. The monoisotopic (exact) mass is 385 g/mol. The van der Waals surface area contributed by atoms with Gasteiger partial charge in [0.1, 0.15) is 11.3 Å². The van der Waals surface area contributed by atoms with Crippen molar-refractivity contribution in [1.82, 2.24) is 9.88 Å². The van der Waals surface area contributed by atoms with Gasteiger partial charge in [-0.15, -0.1) is 0 Å². The molecule has 2 heterocycles. The van der Waals surface area contributed by atoms with Gasteiger partial charge in [0.25, 0.3) is 0 Å². The van der Waals surface area contributed by atoms with Crippen LogP contribution in [0.15, 0.2) is 48.7 Å². The zero-order valence-corrected chi connectivity index (χ0v) is 14.7. The van der Waals surface area contributed by atoms with Gasteiger partial charge in [0, 0.05) is 24.7 Å². The van der Waals surface area contributed by atoms with Crippen molar-refractivity contribution < 1.29 is 23.4 Å². The van der Waals surface area contributed by atoms with Crippen molar-refractivity contribution in [2.75, 3.05) is 11.9 Å². The van der Waals surface area contributed by atoms with Crippen LogP contribution < -0.4 is 10.1 Å². The van der Waals surface area contributed by atoms with E-state index < -0.39 is 6.61 Å². The highest BCUT2D eigenvalue weighted by molar-refractivity contribution is 6.02. The van der Waals surface area contributed by atoms with E-state index >= 15 is 0 Å². The van der Waals surface area contributed by atoms with Crippen molar-refractivity contribution in [2.24, 2.45) is 0 Å². The molecule has 4 rings (SSSR count). The highest BCUT2D eigenvalue weighted by Crippen LogP contribution is 2.31. The summed E-state index contributed by atoms with van der Waals surface area (Å²) in [7, 11) is 0. The van der Waals surface area contributed by atoms with Crippen LogP contribution in [0.5, 0.6) is 11.5 Å². The highest BCUT2D eigenvalue weighted by Gasteiger charge is 2.22. The largest absolute Gasteiger partial charge is 0.508 e. The van der Waals surface area contributed by atoms with Gasteiger partial charge in [-0.1, -0.05) is 6.07 Å². The van der Waals surface area contributed by atoms with Gasteiger partial charge in [0.05, 0.1) is 5.69 Å². The molecule has 0 saturated carbocycles. The number of hydrogen-bond acceptors (Lipinski definition) is 4. The second kappa shape index (κ2) is 7.30. The molecule has 0 fully saturated rings. The number of aromatic hydroxyl groups is 1. The molecule has 6 nitrogen and oxygen atoms in total. The standard InChI is InChI=1S/C20H17F2N3O3/c21-19(22)28-17-6-5-16(15-2-1-8-23-18(15)17)24-20(27)25-9-7-12-3-4-14(26)10-13(12)11-25/h1-6,8,10,19,26H,7,9,11H2,(H,24,27). The second-order valence-corrected chi connectivity index (χ2v) is 6.44. The predicted octanol–water partition coefficient (Wildman–Crippen LogP) is 4.13. The van der Waals surface area contributed by atoms with Crippen LogP contribution in [0.3, 0.4) is 0 Å². The number of carbonyl (C=O) groups excluding carboxylic acids is 1. The lowest BCUT2D eigenvalue weighted by atomic mass is 10.00. The molecule has 144 valence electrons. The highest BCUT2D eigenvalue weighted by atomic mass is 19.3. The Labute approximate surface area is 159 Å². The fraction of sp³-hybridized carbons (Fsp3) is 0.200. The van der Waals surface area contributed by atoms with Gasteiger partial charge in [-0.25, -0.2) is 4.79 Å². The molecule has 2 amide bonds. The molecule has 0 radical (unpaired) electrons. The van der Waals surface area contributed by atoms with E-state index in [1.807, 2.05) is 6.07 Å². The van der Waals surface area contributed by atoms with Crippen LogP contribution in [0.2, 0.25) is 0 Å². The maximum atomic E-state index is 12.7. The number of fused-ring (bicyclic) bond motifs is 2. The number of rotatable bonds is 3. The number of pyridine rings is 1. The van der Waals surface area contributed by atoms with Crippen molar-refractivity contribution in [2.45, 2.75) is 19.6 Å². The number of benzene rings is 2. The first kappa shape index (κ1) is 18.0. The molecule has 0 saturated heterocycles. The van der Waals surface area contributed by atoms with Crippen LogP contribution in [-0.2, 0) is 13.0 Å². The number of ether oxygens (including phenoxy) is 1. The maximum Gasteiger partial charge on any atom is 0.387 e. The Kier molecular flexibility index (Phi) is 4.68. The second-order valence-electron chi connectivity index (χ2n) is 6.44. The Morgan fingerprint density at radius 1 is 1.21 bits per heavy atom. The number of nitrogens with zero attached hydrogens (tertiary/aromatic N) is 2. The third kappa shape index (κ3) is 3.53. The van der Waals surface area contributed by atoms with E-state index in [0.29, 0.717) is 30.6 Å². The molecule has 1 aliphatic rings. The number of phenolic OH excluding ortho intramolecular Hbond substituents is 1. The third-order valence-electron chi connectivity index (χ3n) is 4.68. The quantitative estimate of drug-likeness (QED) is 0.711. The van der Waals surface area contributed by atoms with Crippen LogP contribution in [0.1, 0.15) is 11.1 Å². The van der Waals surface area contributed by atoms with E-state index in [9.17, 15) is 18.7 Å². The first-order chi connectivity index (χ1) is 13.5. The summed E-state index contributed by atoms with van der Waals surface area (Å²) in [6.45, 7) is -2.06. The minimum atomic E-state index is -2.96. The number of amides is 2. The summed E-state index contributed by atoms with van der Waals surface area (Å²) in [4.78, 5) is 18.5. The molecule has 0 bridgehead atoms. The van der Waals surface area contributed by atoms with Gasteiger partial charge in [0.2, 0.25) is 0 Å². The molecule has 0 spiro atoms. The predicted molar refractivity (Wildman–Crippen MR) is 99.6 cm³/mol. The fourth-order valence-corrected chi connectivity index (χ4v) is 3.36. The summed E-state index contributed by atoms with van der Waals surface area (Å²) in [5.74, 6) is 0.110. The lowest BCUT2D eigenvalue weighted by Gasteiger charge is -2.29. The van der Waals surface area contributed by atoms with Crippen molar-refractivity contribution in [1.29, 1.82) is 0 Å². The molecule has 0 aliphatic carbocycles. The lowest BCUT2D eigenvalue weighted by Crippen LogP contribution is -2.38. The van der Waals surface area contributed by atoms with E-state index in [4.69, 9.17) is 0 Å². The van der Waals surface area contributed by atoms with Crippen molar-refractivity contribution in [3.05, 3.63) is 59.8 Å². The molecule has 8 heteroatoms. The molecule has 2 aromatic carbocycles. The number of halogens is 2. The normalized spacial score (nSPS) is 13.5. The Morgan fingerprint density at radius 2 is 2.07 bits per heavy atom. The molecule has 1 aromatic heterocycles. The van der Waals surface area contributed by atoms with Crippen molar-refractivity contribution in [3.63, 3.8) is 0 Å². The number of urea groups is 1. The van der Waals surface area contributed by atoms with E-state index in [1.54, 1.807) is 29.2 Å². The van der Waals surface area contributed by atoms with Crippen molar-refractivity contribution in [3.8, 4) is 11.5 Å². The van der Waals surface area contributed by atoms with Gasteiger partial charge in [-0.2, -0.15) is 8.78 Å². The molecular formula is C20H17F2N3O3. The van der Waals surface area contributed by atoms with E-state index in [0.717, 1.165) is 11.1 Å². The molecule has 0 unspecified atom stereocenters. The summed E-state index contributed by atoms with van der Waals surface area (Å²) in [6.07, 6.45) is 2.16. The first-order valence-electron chi connectivity index (χ1n) is 8.70. The average Bonchev–Trinajstić information content (AvgIpc) is 2.69. The van der Waals surface area contributed by atoms with Crippen LogP contribution in [0, 0.1) is 0 Å². The SMILES string of the molecule is O=C(Nc1ccc(OC(F)F)c2ncccc12)N1CCc2ccc(O)cc2C1. The number of phenols is 1. The van der Waals surface area contributed by atoms with E-state index in [1.165, 1.54) is 18.3 Å². The third-order valence-corrected chi connectivity index (χ3v) is 4.68. The van der Waals surface area contributed by atoms with Gasteiger partial charge in [-0.3, -0.25) is 4.98 Å². The number of aromatic nitrogens is 1. The zero-order valence-electron chi connectivity index (χ0n) is 14.7. The Bertz CT molecular complexity index is 1040. The van der Waals surface area contributed by atoms with E-state index in [-0.39, 0.29) is 23.0 Å². The van der Waals surface area contributed by atoms with Crippen LogP contribution in [0.4, 0.5) is 19.3 Å². The average molecular weight is 385 g/mol. The summed E-state index contributed by atoms with van der Waals surface area (Å²) in [5.41, 5.74) is 2.70. The Balaban J connectivity index is 1.58. The molecular weight excluding hydrogens is 368 g/mol. The zero-order chi connectivity index (χ0) is 19.7. The van der Waals surface area contributed by atoms with Gasteiger partial charge in [0.15, 0.2) is 5.75 Å². The number of carbonyl (C=O) groups is 1. The van der Waals surface area contributed by atoms with Gasteiger partial charge in [-0.05, 0) is 53.9 Å². The first-order valence-corrected chi connectivity index (χ1v) is 8.70. The number of alkyl halides is 2. The van der Waals surface area contributed by atoms with Gasteiger partial charge >= 0.3 is 12.6 Å². The summed E-state index contributed by atoms with van der Waals surface area (Å²) >= 11 is 0. The van der Waals surface area contributed by atoms with E-state index in [2.05, 4.69) is 15.0 Å². The number of anilines is 1.